The summed E-state index contributed by atoms with van der Waals surface area (Å²) in [6, 6.07) is 12.5. The van der Waals surface area contributed by atoms with Gasteiger partial charge >= 0.3 is 5.97 Å². The molecule has 1 aliphatic heterocycles. The Kier molecular flexibility index (Phi) is 4.84. The number of carboxylic acids is 1. The molecule has 3 rings (SSSR count). The molecular formula is C18H17ClO4. The van der Waals surface area contributed by atoms with Gasteiger partial charge in [0.25, 0.3) is 0 Å². The van der Waals surface area contributed by atoms with Crippen LogP contribution in [-0.4, -0.2) is 30.4 Å². The maximum absolute atomic E-state index is 11.1. The highest BCUT2D eigenvalue weighted by atomic mass is 35.5. The van der Waals surface area contributed by atoms with Gasteiger partial charge in [-0.3, -0.25) is 0 Å². The Balaban J connectivity index is 1.70. The second-order valence-electron chi connectivity index (χ2n) is 5.54. The van der Waals surface area contributed by atoms with Crippen molar-refractivity contribution < 1.29 is 19.4 Å². The fourth-order valence-electron chi connectivity index (χ4n) is 2.55. The predicted octanol–water partition coefficient (Wildman–Crippen LogP) is 3.80. The number of hydrogen-bond acceptors (Lipinski definition) is 3. The molecule has 0 amide bonds. The summed E-state index contributed by atoms with van der Waals surface area (Å²) in [5.41, 5.74) is 2.08. The van der Waals surface area contributed by atoms with E-state index in [9.17, 15) is 4.79 Å². The number of rotatable bonds is 5. The molecule has 1 N–H and O–H groups in total. The van der Waals surface area contributed by atoms with E-state index >= 15 is 0 Å². The summed E-state index contributed by atoms with van der Waals surface area (Å²) in [6.07, 6.45) is 1.62. The molecular weight excluding hydrogens is 316 g/mol. The summed E-state index contributed by atoms with van der Waals surface area (Å²) in [5, 5.41) is 9.64. The summed E-state index contributed by atoms with van der Waals surface area (Å²) < 4.78 is 11.1. The van der Waals surface area contributed by atoms with Gasteiger partial charge in [-0.2, -0.15) is 0 Å². The van der Waals surface area contributed by atoms with Crippen molar-refractivity contribution in [3.8, 4) is 5.75 Å². The lowest BCUT2D eigenvalue weighted by atomic mass is 10.0. The third-order valence-electron chi connectivity index (χ3n) is 3.80. The van der Waals surface area contributed by atoms with Gasteiger partial charge in [-0.05, 0) is 47.9 Å². The highest BCUT2D eigenvalue weighted by molar-refractivity contribution is 6.31. The van der Waals surface area contributed by atoms with E-state index in [0.717, 1.165) is 29.9 Å². The summed E-state index contributed by atoms with van der Waals surface area (Å²) in [5.74, 6) is -0.139. The molecule has 1 heterocycles. The second-order valence-corrected chi connectivity index (χ2v) is 5.94. The molecule has 0 unspecified atom stereocenters. The molecule has 1 aliphatic rings. The van der Waals surface area contributed by atoms with Gasteiger partial charge in [0, 0.05) is 11.4 Å². The van der Waals surface area contributed by atoms with Gasteiger partial charge in [-0.1, -0.05) is 23.7 Å². The Hall–Kier alpha value is -2.04. The van der Waals surface area contributed by atoms with E-state index in [1.54, 1.807) is 12.1 Å². The third-order valence-corrected chi connectivity index (χ3v) is 4.17. The van der Waals surface area contributed by atoms with Crippen molar-refractivity contribution in [2.24, 2.45) is 0 Å². The lowest BCUT2D eigenvalue weighted by Crippen LogP contribution is -2.15. The average molecular weight is 333 g/mol. The Morgan fingerprint density at radius 2 is 2.04 bits per heavy atom. The molecule has 5 heteroatoms. The zero-order valence-electron chi connectivity index (χ0n) is 12.5. The van der Waals surface area contributed by atoms with E-state index in [4.69, 9.17) is 26.2 Å². The Morgan fingerprint density at radius 1 is 1.26 bits per heavy atom. The first kappa shape index (κ1) is 15.8. The van der Waals surface area contributed by atoms with Crippen molar-refractivity contribution >= 4 is 17.6 Å². The zero-order chi connectivity index (χ0) is 16.2. The third kappa shape index (κ3) is 4.03. The van der Waals surface area contributed by atoms with Crippen LogP contribution in [0.15, 0.2) is 42.5 Å². The van der Waals surface area contributed by atoms with E-state index in [1.165, 1.54) is 6.07 Å². The number of carboxylic acid groups (broad SMARTS) is 1. The molecule has 0 spiro atoms. The van der Waals surface area contributed by atoms with E-state index in [2.05, 4.69) is 0 Å². The monoisotopic (exact) mass is 332 g/mol. The second kappa shape index (κ2) is 7.02. The molecule has 0 saturated carbocycles. The zero-order valence-corrected chi connectivity index (χ0v) is 13.3. The van der Waals surface area contributed by atoms with Crippen LogP contribution in [0.4, 0.5) is 0 Å². The molecule has 2 aromatic rings. The minimum Gasteiger partial charge on any atom is -0.488 e. The van der Waals surface area contributed by atoms with Crippen molar-refractivity contribution in [1.82, 2.24) is 0 Å². The van der Waals surface area contributed by atoms with E-state index < -0.39 is 5.97 Å². The number of hydrogen-bond donors (Lipinski definition) is 1. The molecule has 0 aromatic heterocycles. The van der Waals surface area contributed by atoms with Crippen molar-refractivity contribution in [3.05, 3.63) is 64.2 Å². The minimum absolute atomic E-state index is 0.127. The molecule has 1 fully saturated rings. The molecule has 1 atom stereocenters. The van der Waals surface area contributed by atoms with Gasteiger partial charge < -0.3 is 14.6 Å². The molecule has 4 nitrogen and oxygen atoms in total. The molecule has 2 aromatic carbocycles. The quantitative estimate of drug-likeness (QED) is 0.905. The number of benzene rings is 2. The summed E-state index contributed by atoms with van der Waals surface area (Å²) in [7, 11) is 0. The highest BCUT2D eigenvalue weighted by Gasteiger charge is 2.17. The maximum atomic E-state index is 11.1. The normalized spacial score (nSPS) is 17.2. The van der Waals surface area contributed by atoms with E-state index in [0.29, 0.717) is 18.1 Å². The summed E-state index contributed by atoms with van der Waals surface area (Å²) in [6.45, 7) is 1.39. The Labute approximate surface area is 139 Å². The number of halogens is 1. The topological polar surface area (TPSA) is 55.8 Å². The van der Waals surface area contributed by atoms with Crippen molar-refractivity contribution in [2.75, 3.05) is 13.2 Å². The lowest BCUT2D eigenvalue weighted by molar-refractivity contribution is 0.0697. The van der Waals surface area contributed by atoms with Gasteiger partial charge in [-0.25, -0.2) is 4.79 Å². The fourth-order valence-corrected chi connectivity index (χ4v) is 2.73. The molecule has 0 aliphatic carbocycles. The predicted molar refractivity (Wildman–Crippen MR) is 87.5 cm³/mol. The largest absolute Gasteiger partial charge is 0.488 e. The number of ether oxygens (including phenoxy) is 2. The Bertz CT molecular complexity index is 691. The number of carbonyl (C=O) groups is 1. The van der Waals surface area contributed by atoms with Crippen LogP contribution in [-0.2, 0) is 11.2 Å². The number of aromatic carboxylic acids is 1. The maximum Gasteiger partial charge on any atom is 0.335 e. The van der Waals surface area contributed by atoms with Gasteiger partial charge in [-0.15, -0.1) is 0 Å². The molecule has 120 valence electrons. The first-order valence-corrected chi connectivity index (χ1v) is 7.84. The van der Waals surface area contributed by atoms with Crippen LogP contribution in [0.25, 0.3) is 0 Å². The van der Waals surface area contributed by atoms with Crippen LogP contribution in [0.1, 0.15) is 27.9 Å². The summed E-state index contributed by atoms with van der Waals surface area (Å²) in [4.78, 5) is 11.1. The average Bonchev–Trinajstić information content (AvgIpc) is 3.04. The van der Waals surface area contributed by atoms with Crippen LogP contribution in [0, 0.1) is 0 Å². The molecule has 1 saturated heterocycles. The smallest absolute Gasteiger partial charge is 0.335 e. The first-order valence-electron chi connectivity index (χ1n) is 7.47. The van der Waals surface area contributed by atoms with Gasteiger partial charge in [0.2, 0.25) is 0 Å². The van der Waals surface area contributed by atoms with Crippen LogP contribution in [0.2, 0.25) is 5.02 Å². The van der Waals surface area contributed by atoms with E-state index in [1.807, 2.05) is 24.3 Å². The van der Waals surface area contributed by atoms with Crippen molar-refractivity contribution in [3.63, 3.8) is 0 Å². The molecule has 23 heavy (non-hydrogen) atoms. The van der Waals surface area contributed by atoms with E-state index in [-0.39, 0.29) is 11.7 Å². The minimum atomic E-state index is -0.953. The van der Waals surface area contributed by atoms with Crippen molar-refractivity contribution in [1.29, 1.82) is 0 Å². The van der Waals surface area contributed by atoms with Gasteiger partial charge in [0.15, 0.2) is 0 Å². The highest BCUT2D eigenvalue weighted by Crippen LogP contribution is 2.23. The molecule has 0 bridgehead atoms. The van der Waals surface area contributed by atoms with Crippen LogP contribution >= 0.6 is 11.6 Å². The SMILES string of the molecule is O=C(O)c1ccc(Cl)c(Cc2ccc(O[C@@H]3CCOC3)cc2)c1. The van der Waals surface area contributed by atoms with Crippen LogP contribution < -0.4 is 4.74 Å². The summed E-state index contributed by atoms with van der Waals surface area (Å²) >= 11 is 6.16. The fraction of sp³-hybridized carbons (Fsp3) is 0.278. The first-order chi connectivity index (χ1) is 11.1. The van der Waals surface area contributed by atoms with Gasteiger partial charge in [0.1, 0.15) is 11.9 Å². The van der Waals surface area contributed by atoms with Gasteiger partial charge in [0.05, 0.1) is 18.8 Å². The lowest BCUT2D eigenvalue weighted by Gasteiger charge is -2.12. The standard InChI is InChI=1S/C18H17ClO4/c19-17-6-3-13(18(20)21)10-14(17)9-12-1-4-15(5-2-12)23-16-7-8-22-11-16/h1-6,10,16H,7-9,11H2,(H,20,21)/t16-/m1/s1. The Morgan fingerprint density at radius 3 is 2.70 bits per heavy atom. The van der Waals surface area contributed by atoms with Crippen LogP contribution in [0.5, 0.6) is 5.75 Å². The van der Waals surface area contributed by atoms with Crippen LogP contribution in [0.3, 0.4) is 0 Å². The van der Waals surface area contributed by atoms with Crippen molar-refractivity contribution in [2.45, 2.75) is 18.9 Å². The molecule has 0 radical (unpaired) electrons.